The molecule has 3 heterocycles. The van der Waals surface area contributed by atoms with Crippen LogP contribution < -0.4 is 0 Å². The Bertz CT molecular complexity index is 717. The molecule has 6 heteroatoms. The van der Waals surface area contributed by atoms with E-state index in [2.05, 4.69) is 4.90 Å². The van der Waals surface area contributed by atoms with E-state index in [4.69, 9.17) is 0 Å². The van der Waals surface area contributed by atoms with Gasteiger partial charge in [0.1, 0.15) is 5.82 Å². The van der Waals surface area contributed by atoms with Crippen molar-refractivity contribution in [1.29, 1.82) is 0 Å². The maximum Gasteiger partial charge on any atom is 0.240 e. The summed E-state index contributed by atoms with van der Waals surface area (Å²) in [6.07, 6.45) is 3.93. The number of hydrogen-bond acceptors (Lipinski definition) is 3. The van der Waals surface area contributed by atoms with Gasteiger partial charge in [0.2, 0.25) is 11.8 Å². The Labute approximate surface area is 160 Å². The highest BCUT2D eigenvalue weighted by atomic mass is 19.1. The lowest BCUT2D eigenvalue weighted by molar-refractivity contribution is -0.149. The average molecular weight is 373 g/mol. The van der Waals surface area contributed by atoms with E-state index >= 15 is 0 Å². The first kappa shape index (κ1) is 18.4. The Morgan fingerprint density at radius 2 is 1.96 bits per heavy atom. The van der Waals surface area contributed by atoms with Gasteiger partial charge in [-0.15, -0.1) is 0 Å². The third kappa shape index (κ3) is 3.86. The fraction of sp³-hybridized carbons (Fsp3) is 0.619. The second-order valence-corrected chi connectivity index (χ2v) is 8.23. The largest absolute Gasteiger partial charge is 0.343 e. The van der Waals surface area contributed by atoms with Gasteiger partial charge in [0.15, 0.2) is 0 Å². The molecule has 5 nitrogen and oxygen atoms in total. The summed E-state index contributed by atoms with van der Waals surface area (Å²) in [5, 5.41) is 0. The Hall–Kier alpha value is -1.95. The van der Waals surface area contributed by atoms with E-state index in [1.165, 1.54) is 12.1 Å². The molecule has 3 aliphatic heterocycles. The number of fused-ring (bicyclic) bond motifs is 2. The van der Waals surface area contributed by atoms with Crippen molar-refractivity contribution in [3.05, 3.63) is 35.6 Å². The SMILES string of the molecule is CC(=O)N1CCC(N2CC[C@H]3C[C@@H]2C(=O)N(Cc2cccc(F)c2)C3)CC1. The summed E-state index contributed by atoms with van der Waals surface area (Å²) in [4.78, 5) is 31.0. The average Bonchev–Trinajstić information content (AvgIpc) is 2.66. The Morgan fingerprint density at radius 1 is 1.19 bits per heavy atom. The first-order valence-electron chi connectivity index (χ1n) is 10.1. The van der Waals surface area contributed by atoms with Crippen LogP contribution in [0.1, 0.15) is 38.2 Å². The van der Waals surface area contributed by atoms with Gasteiger partial charge >= 0.3 is 0 Å². The minimum absolute atomic E-state index is 0.0556. The Kier molecular flexibility index (Phi) is 5.17. The Balaban J connectivity index is 1.44. The highest BCUT2D eigenvalue weighted by Crippen LogP contribution is 2.34. The van der Waals surface area contributed by atoms with Crippen molar-refractivity contribution in [2.45, 2.75) is 51.2 Å². The van der Waals surface area contributed by atoms with Crippen molar-refractivity contribution in [2.75, 3.05) is 26.2 Å². The molecular formula is C21H28FN3O2. The fourth-order valence-corrected chi connectivity index (χ4v) is 5.02. The zero-order valence-corrected chi connectivity index (χ0v) is 15.9. The molecule has 3 aliphatic rings. The molecule has 4 rings (SSSR count). The predicted octanol–water partition coefficient (Wildman–Crippen LogP) is 2.26. The van der Waals surface area contributed by atoms with Crippen LogP contribution in [-0.2, 0) is 16.1 Å². The lowest BCUT2D eigenvalue weighted by Gasteiger charge is -2.50. The summed E-state index contributed by atoms with van der Waals surface area (Å²) >= 11 is 0. The van der Waals surface area contributed by atoms with Crippen LogP contribution >= 0.6 is 0 Å². The molecule has 2 atom stereocenters. The normalized spacial score (nSPS) is 27.1. The first-order valence-corrected chi connectivity index (χ1v) is 10.1. The van der Waals surface area contributed by atoms with Crippen LogP contribution in [-0.4, -0.2) is 64.8 Å². The summed E-state index contributed by atoms with van der Waals surface area (Å²) in [5.74, 6) is 0.609. The van der Waals surface area contributed by atoms with Crippen molar-refractivity contribution in [1.82, 2.24) is 14.7 Å². The summed E-state index contributed by atoms with van der Waals surface area (Å²) in [6, 6.07) is 6.87. The molecule has 0 unspecified atom stereocenters. The maximum atomic E-state index is 13.5. The zero-order valence-electron chi connectivity index (χ0n) is 15.9. The van der Waals surface area contributed by atoms with E-state index < -0.39 is 0 Å². The van der Waals surface area contributed by atoms with E-state index in [-0.39, 0.29) is 23.7 Å². The number of carbonyl (C=O) groups is 2. The number of hydrogen-bond donors (Lipinski definition) is 0. The number of rotatable bonds is 3. The van der Waals surface area contributed by atoms with Gasteiger partial charge in [-0.3, -0.25) is 14.5 Å². The van der Waals surface area contributed by atoms with Crippen LogP contribution in [0.25, 0.3) is 0 Å². The van der Waals surface area contributed by atoms with E-state index in [1.54, 1.807) is 13.0 Å². The highest BCUT2D eigenvalue weighted by Gasteiger charge is 2.43. The van der Waals surface area contributed by atoms with Gasteiger partial charge in [0.25, 0.3) is 0 Å². The van der Waals surface area contributed by atoms with Crippen LogP contribution in [0.2, 0.25) is 0 Å². The molecule has 1 aromatic carbocycles. The molecular weight excluding hydrogens is 345 g/mol. The standard InChI is InChI=1S/C21H28FN3O2/c1-15(26)23-8-6-19(7-9-23)25-10-5-17-12-20(25)21(27)24(14-17)13-16-3-2-4-18(22)11-16/h2-4,11,17,19-20H,5-10,12-14H2,1H3/t17-,20+/m0/s1. The number of benzene rings is 1. The van der Waals surface area contributed by atoms with Gasteiger partial charge in [-0.05, 0) is 55.8 Å². The molecule has 0 spiro atoms. The van der Waals surface area contributed by atoms with Gasteiger partial charge in [-0.25, -0.2) is 4.39 Å². The van der Waals surface area contributed by atoms with E-state index in [1.807, 2.05) is 15.9 Å². The molecule has 3 fully saturated rings. The molecule has 0 radical (unpaired) electrons. The predicted molar refractivity (Wildman–Crippen MR) is 100 cm³/mol. The molecule has 1 aromatic rings. The summed E-state index contributed by atoms with van der Waals surface area (Å²) < 4.78 is 13.5. The monoisotopic (exact) mass is 373 g/mol. The molecule has 2 bridgehead atoms. The molecule has 2 amide bonds. The molecule has 27 heavy (non-hydrogen) atoms. The van der Waals surface area contributed by atoms with Gasteiger partial charge in [-0.2, -0.15) is 0 Å². The number of halogens is 1. The number of nitrogens with zero attached hydrogens (tertiary/aromatic N) is 3. The minimum Gasteiger partial charge on any atom is -0.343 e. The summed E-state index contributed by atoms with van der Waals surface area (Å²) in [5.41, 5.74) is 0.852. The van der Waals surface area contributed by atoms with Crippen molar-refractivity contribution in [3.8, 4) is 0 Å². The van der Waals surface area contributed by atoms with Crippen molar-refractivity contribution in [2.24, 2.45) is 5.92 Å². The third-order valence-corrected chi connectivity index (χ3v) is 6.47. The lowest BCUT2D eigenvalue weighted by atomic mass is 9.83. The molecule has 146 valence electrons. The number of amides is 2. The third-order valence-electron chi connectivity index (χ3n) is 6.47. The minimum atomic E-state index is -0.254. The molecule has 3 saturated heterocycles. The number of piperidine rings is 3. The van der Waals surface area contributed by atoms with E-state index in [0.29, 0.717) is 18.5 Å². The highest BCUT2D eigenvalue weighted by molar-refractivity contribution is 5.83. The van der Waals surface area contributed by atoms with Gasteiger partial charge in [0.05, 0.1) is 6.04 Å². The second kappa shape index (κ2) is 7.58. The quantitative estimate of drug-likeness (QED) is 0.816. The van der Waals surface area contributed by atoms with Gasteiger partial charge in [0, 0.05) is 39.1 Å². The van der Waals surface area contributed by atoms with Gasteiger partial charge in [-0.1, -0.05) is 12.1 Å². The van der Waals surface area contributed by atoms with Crippen LogP contribution in [0, 0.1) is 11.7 Å². The number of carbonyl (C=O) groups excluding carboxylic acids is 2. The smallest absolute Gasteiger partial charge is 0.240 e. The molecule has 0 aliphatic carbocycles. The second-order valence-electron chi connectivity index (χ2n) is 8.23. The van der Waals surface area contributed by atoms with Crippen LogP contribution in [0.4, 0.5) is 4.39 Å². The first-order chi connectivity index (χ1) is 13.0. The fourth-order valence-electron chi connectivity index (χ4n) is 5.02. The molecule has 0 aromatic heterocycles. The molecule has 0 saturated carbocycles. The Morgan fingerprint density at radius 3 is 2.67 bits per heavy atom. The van der Waals surface area contributed by atoms with Gasteiger partial charge < -0.3 is 9.80 Å². The van der Waals surface area contributed by atoms with Crippen molar-refractivity contribution < 1.29 is 14.0 Å². The van der Waals surface area contributed by atoms with Crippen LogP contribution in [0.15, 0.2) is 24.3 Å². The number of likely N-dealkylation sites (tertiary alicyclic amines) is 3. The summed E-state index contributed by atoms with van der Waals surface area (Å²) in [7, 11) is 0. The molecule has 0 N–H and O–H groups in total. The lowest BCUT2D eigenvalue weighted by Crippen LogP contribution is -2.62. The van der Waals surface area contributed by atoms with Crippen molar-refractivity contribution in [3.63, 3.8) is 0 Å². The van der Waals surface area contributed by atoms with Crippen LogP contribution in [0.3, 0.4) is 0 Å². The topological polar surface area (TPSA) is 43.9 Å². The van der Waals surface area contributed by atoms with E-state index in [0.717, 1.165) is 57.4 Å². The zero-order chi connectivity index (χ0) is 19.0. The maximum absolute atomic E-state index is 13.5. The van der Waals surface area contributed by atoms with E-state index in [9.17, 15) is 14.0 Å². The summed E-state index contributed by atoms with van der Waals surface area (Å²) in [6.45, 7) is 5.44. The van der Waals surface area contributed by atoms with Crippen molar-refractivity contribution >= 4 is 11.8 Å². The van der Waals surface area contributed by atoms with Crippen LogP contribution in [0.5, 0.6) is 0 Å².